The third-order valence-corrected chi connectivity index (χ3v) is 2.14. The Balaban J connectivity index is 2.35. The zero-order valence-corrected chi connectivity index (χ0v) is 9.39. The van der Waals surface area contributed by atoms with Crippen LogP contribution in [0.25, 0.3) is 21.5 Å². The van der Waals surface area contributed by atoms with E-state index in [-0.39, 0.29) is 6.54 Å². The van der Waals surface area contributed by atoms with E-state index in [4.69, 9.17) is 17.1 Å². The van der Waals surface area contributed by atoms with Gasteiger partial charge in [-0.2, -0.15) is 0 Å². The standard InChI is InChI=1S/C11H6ClN5/c12-11-7-14-9-4-3-8(6-10(9)16-11)2-1-5-15-17-13/h3-4,6-7H,5H2. The van der Waals surface area contributed by atoms with Crippen LogP contribution >= 0.6 is 11.6 Å². The van der Waals surface area contributed by atoms with E-state index in [9.17, 15) is 0 Å². The van der Waals surface area contributed by atoms with Crippen LogP contribution in [0, 0.1) is 11.8 Å². The van der Waals surface area contributed by atoms with Crippen LogP contribution in [-0.2, 0) is 0 Å². The molecule has 0 aliphatic heterocycles. The second-order valence-electron chi connectivity index (χ2n) is 3.09. The van der Waals surface area contributed by atoms with Gasteiger partial charge in [0.05, 0.1) is 23.8 Å². The van der Waals surface area contributed by atoms with Crippen LogP contribution in [0.4, 0.5) is 0 Å². The molecule has 0 saturated carbocycles. The third-order valence-electron chi connectivity index (χ3n) is 1.96. The normalized spacial score (nSPS) is 9.24. The fraction of sp³-hybridized carbons (Fsp3) is 0.0909. The maximum atomic E-state index is 8.09. The summed E-state index contributed by atoms with van der Waals surface area (Å²) in [5, 5.41) is 3.67. The van der Waals surface area contributed by atoms with Gasteiger partial charge in [-0.3, -0.25) is 4.98 Å². The number of hydrogen-bond acceptors (Lipinski definition) is 3. The van der Waals surface area contributed by atoms with E-state index in [1.165, 1.54) is 6.20 Å². The van der Waals surface area contributed by atoms with E-state index < -0.39 is 0 Å². The van der Waals surface area contributed by atoms with E-state index in [2.05, 4.69) is 31.8 Å². The lowest BCUT2D eigenvalue weighted by atomic mass is 10.2. The zero-order chi connectivity index (χ0) is 12.1. The van der Waals surface area contributed by atoms with Gasteiger partial charge >= 0.3 is 0 Å². The highest BCUT2D eigenvalue weighted by atomic mass is 35.5. The molecule has 1 heterocycles. The van der Waals surface area contributed by atoms with Crippen LogP contribution in [0.1, 0.15) is 5.56 Å². The molecule has 0 saturated heterocycles. The van der Waals surface area contributed by atoms with Gasteiger partial charge < -0.3 is 0 Å². The first kappa shape index (κ1) is 11.2. The van der Waals surface area contributed by atoms with Crippen LogP contribution in [0.5, 0.6) is 0 Å². The first-order valence-corrected chi connectivity index (χ1v) is 5.09. The monoisotopic (exact) mass is 243 g/mol. The van der Waals surface area contributed by atoms with Crippen LogP contribution in [0.2, 0.25) is 5.15 Å². The molecule has 0 aliphatic carbocycles. The summed E-state index contributed by atoms with van der Waals surface area (Å²) in [4.78, 5) is 10.9. The van der Waals surface area contributed by atoms with Gasteiger partial charge in [0.25, 0.3) is 0 Å². The number of halogens is 1. The van der Waals surface area contributed by atoms with Crippen LogP contribution in [0.3, 0.4) is 0 Å². The van der Waals surface area contributed by atoms with Gasteiger partial charge in [0.15, 0.2) is 0 Å². The van der Waals surface area contributed by atoms with Crippen molar-refractivity contribution < 1.29 is 0 Å². The molecule has 0 radical (unpaired) electrons. The molecule has 0 N–H and O–H groups in total. The first-order chi connectivity index (χ1) is 8.29. The Morgan fingerprint density at radius 3 is 3.12 bits per heavy atom. The first-order valence-electron chi connectivity index (χ1n) is 4.71. The predicted molar refractivity (Wildman–Crippen MR) is 65.4 cm³/mol. The maximum absolute atomic E-state index is 8.09. The molecule has 0 unspecified atom stereocenters. The summed E-state index contributed by atoms with van der Waals surface area (Å²) >= 11 is 5.75. The summed E-state index contributed by atoms with van der Waals surface area (Å²) in [6.45, 7) is 0.149. The van der Waals surface area contributed by atoms with Crippen molar-refractivity contribution in [1.82, 2.24) is 9.97 Å². The van der Waals surface area contributed by atoms with Crippen LogP contribution < -0.4 is 0 Å². The molecule has 0 spiro atoms. The largest absolute Gasteiger partial charge is 0.251 e. The number of fused-ring (bicyclic) bond motifs is 1. The van der Waals surface area contributed by atoms with Gasteiger partial charge in [-0.05, 0) is 23.7 Å². The molecule has 5 nitrogen and oxygen atoms in total. The van der Waals surface area contributed by atoms with Crippen molar-refractivity contribution in [3.63, 3.8) is 0 Å². The Morgan fingerprint density at radius 2 is 2.29 bits per heavy atom. The van der Waals surface area contributed by atoms with Gasteiger partial charge in [-0.15, -0.1) is 0 Å². The third kappa shape index (κ3) is 2.85. The average molecular weight is 244 g/mol. The highest BCUT2D eigenvalue weighted by Crippen LogP contribution is 2.13. The van der Waals surface area contributed by atoms with E-state index in [0.29, 0.717) is 10.7 Å². The Kier molecular flexibility index (Phi) is 3.41. The van der Waals surface area contributed by atoms with E-state index >= 15 is 0 Å². The quantitative estimate of drug-likeness (QED) is 0.334. The van der Waals surface area contributed by atoms with Crippen molar-refractivity contribution in [2.45, 2.75) is 0 Å². The minimum Gasteiger partial charge on any atom is -0.251 e. The molecule has 2 aromatic rings. The lowest BCUT2D eigenvalue weighted by molar-refractivity contribution is 1.25. The summed E-state index contributed by atoms with van der Waals surface area (Å²) in [7, 11) is 0. The summed E-state index contributed by atoms with van der Waals surface area (Å²) in [6.07, 6.45) is 1.50. The van der Waals surface area contributed by atoms with Gasteiger partial charge in [-0.25, -0.2) is 4.98 Å². The van der Waals surface area contributed by atoms with E-state index in [1.807, 2.05) is 12.1 Å². The minimum absolute atomic E-state index is 0.149. The molecule has 2 rings (SSSR count). The number of rotatable bonds is 1. The smallest absolute Gasteiger partial charge is 0.148 e. The molecule has 17 heavy (non-hydrogen) atoms. The number of benzene rings is 1. The van der Waals surface area contributed by atoms with Crippen LogP contribution in [0.15, 0.2) is 29.5 Å². The van der Waals surface area contributed by atoms with Crippen molar-refractivity contribution in [2.75, 3.05) is 6.54 Å². The van der Waals surface area contributed by atoms with Gasteiger partial charge in [0, 0.05) is 10.5 Å². The van der Waals surface area contributed by atoms with Crippen molar-refractivity contribution in [1.29, 1.82) is 0 Å². The van der Waals surface area contributed by atoms with Crippen molar-refractivity contribution >= 4 is 22.6 Å². The number of hydrogen-bond donors (Lipinski definition) is 0. The molecule has 1 aromatic carbocycles. The van der Waals surface area contributed by atoms with Gasteiger partial charge in [0.1, 0.15) is 5.15 Å². The molecule has 82 valence electrons. The fourth-order valence-corrected chi connectivity index (χ4v) is 1.42. The fourth-order valence-electron chi connectivity index (χ4n) is 1.28. The molecular formula is C11H6ClN5. The number of aromatic nitrogens is 2. The molecular weight excluding hydrogens is 238 g/mol. The molecule has 0 bridgehead atoms. The van der Waals surface area contributed by atoms with E-state index in [0.717, 1.165) is 11.1 Å². The Morgan fingerprint density at radius 1 is 1.41 bits per heavy atom. The zero-order valence-electron chi connectivity index (χ0n) is 8.63. The lowest BCUT2D eigenvalue weighted by Gasteiger charge is -1.97. The summed E-state index contributed by atoms with van der Waals surface area (Å²) in [6, 6.07) is 5.43. The average Bonchev–Trinajstić information content (AvgIpc) is 2.34. The highest BCUT2D eigenvalue weighted by Gasteiger charge is 1.98. The number of nitrogens with zero attached hydrogens (tertiary/aromatic N) is 5. The molecule has 0 aliphatic rings. The van der Waals surface area contributed by atoms with Crippen molar-refractivity contribution in [2.24, 2.45) is 5.11 Å². The lowest BCUT2D eigenvalue weighted by Crippen LogP contribution is -1.85. The Hall–Kier alpha value is -2.28. The maximum Gasteiger partial charge on any atom is 0.148 e. The van der Waals surface area contributed by atoms with Gasteiger partial charge in [0.2, 0.25) is 0 Å². The summed E-state index contributed by atoms with van der Waals surface area (Å²) < 4.78 is 0. The molecule has 0 amide bonds. The topological polar surface area (TPSA) is 74.5 Å². The summed E-state index contributed by atoms with van der Waals surface area (Å²) in [5.41, 5.74) is 10.3. The second kappa shape index (κ2) is 5.17. The minimum atomic E-state index is 0.149. The second-order valence-corrected chi connectivity index (χ2v) is 3.47. The molecule has 6 heteroatoms. The molecule has 0 fully saturated rings. The van der Waals surface area contributed by atoms with Crippen LogP contribution in [-0.4, -0.2) is 16.5 Å². The van der Waals surface area contributed by atoms with Crippen molar-refractivity contribution in [3.05, 3.63) is 45.6 Å². The van der Waals surface area contributed by atoms with Gasteiger partial charge in [-0.1, -0.05) is 28.6 Å². The molecule has 0 atom stereocenters. The Bertz CT molecular complexity index is 664. The SMILES string of the molecule is [N-]=[N+]=NCC#Cc1ccc2ncc(Cl)nc2c1. The highest BCUT2D eigenvalue weighted by molar-refractivity contribution is 6.29. The Labute approximate surface area is 102 Å². The summed E-state index contributed by atoms with van der Waals surface area (Å²) in [5.74, 6) is 5.60. The van der Waals surface area contributed by atoms with Crippen molar-refractivity contribution in [3.8, 4) is 11.8 Å². The van der Waals surface area contributed by atoms with E-state index in [1.54, 1.807) is 6.07 Å². The molecule has 1 aromatic heterocycles. The number of azide groups is 1. The predicted octanol–water partition coefficient (Wildman–Crippen LogP) is 2.95.